The lowest BCUT2D eigenvalue weighted by Crippen LogP contribution is -2.70. The zero-order valence-corrected chi connectivity index (χ0v) is 44.5. The maximum atomic E-state index is 14.8. The van der Waals surface area contributed by atoms with Crippen LogP contribution in [0.4, 0.5) is 10.5 Å². The lowest BCUT2D eigenvalue weighted by molar-refractivity contribution is -0.384. The first kappa shape index (κ1) is 56.7. The number of carbonyl (C=O) groups is 1. The largest absolute Gasteiger partial charge is 0.459 e. The third-order valence-electron chi connectivity index (χ3n) is 15.2. The Labute approximate surface area is 445 Å². The highest BCUT2D eigenvalue weighted by molar-refractivity contribution is 6.03. The van der Waals surface area contributed by atoms with Gasteiger partial charge in [-0.3, -0.25) is 15.0 Å². The number of nitrogens with zero attached hydrogens (tertiary/aromatic N) is 3. The van der Waals surface area contributed by atoms with Gasteiger partial charge in [0.1, 0.15) is 29.9 Å². The maximum absolute atomic E-state index is 14.8. The van der Waals surface area contributed by atoms with E-state index < -0.39 is 28.8 Å². The number of allylic oxidation sites excluding steroid dienone is 1. The summed E-state index contributed by atoms with van der Waals surface area (Å²) in [6, 6.07) is 29.8. The molecule has 7 rings (SSSR count). The summed E-state index contributed by atoms with van der Waals surface area (Å²) < 4.78 is 27.5. The highest BCUT2D eigenvalue weighted by Gasteiger charge is 2.65. The SMILES string of the molecule is C=CCO[C@@]12Oc3ccc(Oc4ccc(-c5ccccc5)cc4)cc3[C@H]3[C@H](CCCCO)[C@@H](CCCCO)C=C(C(=NOCc4ccc([N+](=O)[O-])cc4)C[C@@H]1N(CCC)C(=O)OCCCCCCCCCCCC)[C@H]32. The fourth-order valence-electron chi connectivity index (χ4n) is 11.5. The molecule has 0 spiro atoms. The summed E-state index contributed by atoms with van der Waals surface area (Å²) in [5.41, 5.74) is 5.39. The molecule has 1 saturated carbocycles. The van der Waals surface area contributed by atoms with Crippen molar-refractivity contribution in [1.29, 1.82) is 0 Å². The summed E-state index contributed by atoms with van der Waals surface area (Å²) in [4.78, 5) is 33.9. The van der Waals surface area contributed by atoms with E-state index >= 15 is 0 Å². The molecule has 1 fully saturated rings. The van der Waals surface area contributed by atoms with Crippen LogP contribution >= 0.6 is 0 Å². The van der Waals surface area contributed by atoms with E-state index in [9.17, 15) is 25.1 Å². The maximum Gasteiger partial charge on any atom is 0.410 e. The Morgan fingerprint density at radius 2 is 1.48 bits per heavy atom. The van der Waals surface area contributed by atoms with Crippen molar-refractivity contribution in [1.82, 2.24) is 4.90 Å². The number of hydrogen-bond acceptors (Lipinski definition) is 11. The van der Waals surface area contributed by atoms with Gasteiger partial charge in [-0.2, -0.15) is 0 Å². The van der Waals surface area contributed by atoms with E-state index in [2.05, 4.69) is 49.9 Å². The van der Waals surface area contributed by atoms with E-state index in [4.69, 9.17) is 28.9 Å². The van der Waals surface area contributed by atoms with Crippen LogP contribution < -0.4 is 9.47 Å². The van der Waals surface area contributed by atoms with Gasteiger partial charge in [0.05, 0.1) is 29.8 Å². The molecule has 4 aromatic carbocycles. The van der Waals surface area contributed by atoms with Gasteiger partial charge in [0.25, 0.3) is 5.69 Å². The Morgan fingerprint density at radius 3 is 2.15 bits per heavy atom. The van der Waals surface area contributed by atoms with Crippen LogP contribution in [-0.2, 0) is 20.9 Å². The van der Waals surface area contributed by atoms with Crippen LogP contribution in [0.2, 0.25) is 0 Å². The molecule has 2 aliphatic carbocycles. The van der Waals surface area contributed by atoms with E-state index in [0.29, 0.717) is 60.9 Å². The molecule has 0 radical (unpaired) electrons. The van der Waals surface area contributed by atoms with Crippen LogP contribution in [0.15, 0.2) is 127 Å². The summed E-state index contributed by atoms with van der Waals surface area (Å²) >= 11 is 0. The Balaban J connectivity index is 1.29. The van der Waals surface area contributed by atoms with Crippen molar-refractivity contribution >= 4 is 17.5 Å². The molecule has 1 amide bonds. The van der Waals surface area contributed by atoms with Crippen LogP contribution in [0.25, 0.3) is 11.1 Å². The van der Waals surface area contributed by atoms with Gasteiger partial charge in [0.15, 0.2) is 0 Å². The van der Waals surface area contributed by atoms with Crippen LogP contribution in [-0.4, -0.2) is 76.6 Å². The molecule has 6 atom stereocenters. The number of fused-ring (bicyclic) bond motifs is 2. The number of benzene rings is 4. The van der Waals surface area contributed by atoms with Crippen molar-refractivity contribution in [2.24, 2.45) is 22.9 Å². The van der Waals surface area contributed by atoms with Gasteiger partial charge in [-0.1, -0.05) is 144 Å². The molecule has 13 nitrogen and oxygen atoms in total. The van der Waals surface area contributed by atoms with E-state index in [1.807, 2.05) is 49.4 Å². The number of unbranched alkanes of at least 4 members (excludes halogenated alkanes) is 11. The van der Waals surface area contributed by atoms with Crippen molar-refractivity contribution in [2.45, 2.75) is 154 Å². The summed E-state index contributed by atoms with van der Waals surface area (Å²) in [7, 11) is 0. The Hall–Kier alpha value is -6.02. The second-order valence-corrected chi connectivity index (χ2v) is 20.5. The zero-order valence-electron chi connectivity index (χ0n) is 44.5. The average Bonchev–Trinajstić information content (AvgIpc) is 3.44. The lowest BCUT2D eigenvalue weighted by atomic mass is 9.55. The smallest absolute Gasteiger partial charge is 0.410 e. The Bertz CT molecular complexity index is 2460. The van der Waals surface area contributed by atoms with Gasteiger partial charge in [-0.25, -0.2) is 4.79 Å². The number of aliphatic hydroxyl groups excluding tert-OH is 2. The van der Waals surface area contributed by atoms with Gasteiger partial charge in [-0.05, 0) is 115 Å². The van der Waals surface area contributed by atoms with Gasteiger partial charge in [0.2, 0.25) is 5.79 Å². The van der Waals surface area contributed by atoms with Gasteiger partial charge in [-0.15, -0.1) is 6.58 Å². The molecule has 1 heterocycles. The molecule has 2 N–H and O–H groups in total. The Kier molecular flexibility index (Phi) is 22.2. The van der Waals surface area contributed by atoms with E-state index in [-0.39, 0.29) is 56.3 Å². The molecular weight excluding hydrogens is 947 g/mol. The quantitative estimate of drug-likeness (QED) is 0.0208. The number of nitro benzene ring substituents is 1. The molecule has 3 aliphatic rings. The van der Waals surface area contributed by atoms with Crippen LogP contribution in [0.5, 0.6) is 17.2 Å². The summed E-state index contributed by atoms with van der Waals surface area (Å²) in [5.74, 6) is -0.221. The molecule has 0 aromatic heterocycles. The van der Waals surface area contributed by atoms with Crippen molar-refractivity contribution in [3.05, 3.63) is 143 Å². The van der Waals surface area contributed by atoms with Crippen molar-refractivity contribution in [3.63, 3.8) is 0 Å². The molecule has 404 valence electrons. The first-order chi connectivity index (χ1) is 36.7. The second kappa shape index (κ2) is 29.3. The summed E-state index contributed by atoms with van der Waals surface area (Å²) in [6.07, 6.45) is 20.6. The van der Waals surface area contributed by atoms with Gasteiger partial charge in [0, 0.05) is 49.8 Å². The van der Waals surface area contributed by atoms with Gasteiger partial charge < -0.3 is 34.0 Å². The minimum atomic E-state index is -1.44. The zero-order chi connectivity index (χ0) is 52.8. The molecule has 4 aromatic rings. The molecule has 13 heteroatoms. The number of amides is 1. The number of nitro groups is 1. The van der Waals surface area contributed by atoms with E-state index in [1.54, 1.807) is 23.1 Å². The van der Waals surface area contributed by atoms with Crippen LogP contribution in [0.1, 0.15) is 146 Å². The van der Waals surface area contributed by atoms with E-state index in [0.717, 1.165) is 67.2 Å². The van der Waals surface area contributed by atoms with Crippen LogP contribution in [0.3, 0.4) is 0 Å². The van der Waals surface area contributed by atoms with E-state index in [1.165, 1.54) is 57.1 Å². The number of rotatable bonds is 32. The first-order valence-corrected chi connectivity index (χ1v) is 28.0. The number of aliphatic hydroxyl groups is 2. The second-order valence-electron chi connectivity index (χ2n) is 20.5. The fraction of sp³-hybridized carbons (Fsp3) is 0.516. The summed E-state index contributed by atoms with van der Waals surface area (Å²) in [5, 5.41) is 36.6. The number of carbonyl (C=O) groups excluding carboxylic acids is 1. The number of non-ortho nitro benzene ring substituents is 1. The number of hydrogen-bond donors (Lipinski definition) is 2. The molecule has 0 bridgehead atoms. The number of ether oxygens (including phenoxy) is 4. The third-order valence-corrected chi connectivity index (χ3v) is 15.2. The minimum Gasteiger partial charge on any atom is -0.459 e. The number of oxime groups is 1. The third kappa shape index (κ3) is 14.9. The molecule has 1 aliphatic heterocycles. The molecule has 0 unspecified atom stereocenters. The monoisotopic (exact) mass is 1030 g/mol. The van der Waals surface area contributed by atoms with Crippen molar-refractivity contribution in [3.8, 4) is 28.4 Å². The normalized spacial score (nSPS) is 21.0. The topological polar surface area (TPSA) is 162 Å². The van der Waals surface area contributed by atoms with Crippen LogP contribution in [0, 0.1) is 27.9 Å². The van der Waals surface area contributed by atoms with Crippen molar-refractivity contribution < 1.29 is 43.7 Å². The standard InChI is InChI=1S/C62H81N3O10/c1-4-7-8-9-10-11-12-13-14-22-41-71-61(68)64(37-5-2)58-44-56(63-73-45-46-27-31-50(32-28-46)65(69)70)54-42-49(25-18-20-38-66)53(26-19-21-39-67)59-55-43-52(35-36-57(55)75-62(58,60(54)59)72-40-6-3)74-51-33-29-48(30-34-51)47-23-16-15-17-24-47/h6,15-17,23-24,27-36,42-43,49,53,58-60,66-67H,3-5,7-14,18-22,25-26,37-41,44-45H2,1-2H3/t49-,53+,58-,59+,60+,62+/m0/s1. The fourth-order valence-corrected chi connectivity index (χ4v) is 11.5. The highest BCUT2D eigenvalue weighted by Crippen LogP contribution is 2.62. The predicted octanol–water partition coefficient (Wildman–Crippen LogP) is 14.7. The predicted molar refractivity (Wildman–Crippen MR) is 295 cm³/mol. The molecular formula is C62H81N3O10. The van der Waals surface area contributed by atoms with Gasteiger partial charge >= 0.3 is 6.09 Å². The molecule has 75 heavy (non-hydrogen) atoms. The Morgan fingerprint density at radius 1 is 0.813 bits per heavy atom. The highest BCUT2D eigenvalue weighted by atomic mass is 16.7. The average molecular weight is 1030 g/mol. The van der Waals surface area contributed by atoms with Crippen molar-refractivity contribution in [2.75, 3.05) is 33.0 Å². The first-order valence-electron chi connectivity index (χ1n) is 28.0. The summed E-state index contributed by atoms with van der Waals surface area (Å²) in [6.45, 7) is 9.37. The minimum absolute atomic E-state index is 0.0154. The molecule has 0 saturated heterocycles. The lowest BCUT2D eigenvalue weighted by Gasteiger charge is -2.59.